The molecule has 0 unspecified atom stereocenters. The molecule has 0 spiro atoms. The molecule has 1 amide bonds. The van der Waals surface area contributed by atoms with Crippen molar-refractivity contribution in [3.63, 3.8) is 0 Å². The van der Waals surface area contributed by atoms with Gasteiger partial charge in [-0.2, -0.15) is 0 Å². The second-order valence-electron chi connectivity index (χ2n) is 4.04. The van der Waals surface area contributed by atoms with E-state index in [0.717, 1.165) is 0 Å². The van der Waals surface area contributed by atoms with Crippen molar-refractivity contribution in [3.8, 4) is 0 Å². The minimum atomic E-state index is -0.410. The number of aromatic nitrogens is 2. The Morgan fingerprint density at radius 2 is 2.24 bits per heavy atom. The van der Waals surface area contributed by atoms with Gasteiger partial charge in [0.1, 0.15) is 17.3 Å². The zero-order chi connectivity index (χ0) is 13.0. The highest BCUT2D eigenvalue weighted by molar-refractivity contribution is 9.10. The van der Waals surface area contributed by atoms with E-state index in [-0.39, 0.29) is 6.54 Å². The molecule has 0 saturated heterocycles. The van der Waals surface area contributed by atoms with Crippen molar-refractivity contribution in [1.82, 2.24) is 9.97 Å². The van der Waals surface area contributed by atoms with E-state index in [2.05, 4.69) is 25.9 Å². The molecular weight excluding hydrogens is 307 g/mol. The number of anilines is 1. The van der Waals surface area contributed by atoms with Gasteiger partial charge in [-0.15, -0.1) is 0 Å². The number of primary amides is 1. The molecule has 0 aliphatic carbocycles. The number of halogens is 2. The zero-order valence-corrected chi connectivity index (χ0v) is 12.0. The van der Waals surface area contributed by atoms with E-state index in [4.69, 9.17) is 17.3 Å². The summed E-state index contributed by atoms with van der Waals surface area (Å²) < 4.78 is 0.573. The van der Waals surface area contributed by atoms with Crippen LogP contribution >= 0.6 is 27.5 Å². The van der Waals surface area contributed by atoms with Crippen molar-refractivity contribution in [2.45, 2.75) is 13.8 Å². The van der Waals surface area contributed by atoms with Gasteiger partial charge in [0.2, 0.25) is 5.91 Å². The van der Waals surface area contributed by atoms with Crippen LogP contribution in [0.3, 0.4) is 0 Å². The van der Waals surface area contributed by atoms with Crippen molar-refractivity contribution in [1.29, 1.82) is 0 Å². The average Bonchev–Trinajstić information content (AvgIpc) is 2.19. The highest BCUT2D eigenvalue weighted by Gasteiger charge is 2.17. The molecule has 0 saturated carbocycles. The highest BCUT2D eigenvalue weighted by atomic mass is 79.9. The van der Waals surface area contributed by atoms with Crippen molar-refractivity contribution in [2.75, 3.05) is 18.0 Å². The molecule has 0 fully saturated rings. The van der Waals surface area contributed by atoms with Gasteiger partial charge in [-0.05, 0) is 21.8 Å². The molecule has 0 radical (unpaired) electrons. The number of hydrogen-bond acceptors (Lipinski definition) is 4. The van der Waals surface area contributed by atoms with Crippen LogP contribution in [0.15, 0.2) is 10.8 Å². The summed E-state index contributed by atoms with van der Waals surface area (Å²) >= 11 is 9.20. The van der Waals surface area contributed by atoms with Gasteiger partial charge in [0.15, 0.2) is 0 Å². The maximum Gasteiger partial charge on any atom is 0.236 e. The van der Waals surface area contributed by atoms with Gasteiger partial charge in [0.05, 0.1) is 11.0 Å². The number of nitrogens with two attached hydrogens (primary N) is 1. The molecule has 1 aromatic rings. The predicted molar refractivity (Wildman–Crippen MR) is 71.0 cm³/mol. The van der Waals surface area contributed by atoms with Crippen LogP contribution in [0.2, 0.25) is 5.15 Å². The van der Waals surface area contributed by atoms with Crippen LogP contribution in [0.5, 0.6) is 0 Å². The summed E-state index contributed by atoms with van der Waals surface area (Å²) in [4.78, 5) is 20.8. The molecule has 5 nitrogen and oxygen atoms in total. The van der Waals surface area contributed by atoms with Gasteiger partial charge >= 0.3 is 0 Å². The molecule has 17 heavy (non-hydrogen) atoms. The van der Waals surface area contributed by atoms with Crippen LogP contribution < -0.4 is 10.6 Å². The van der Waals surface area contributed by atoms with E-state index in [0.29, 0.717) is 27.9 Å². The fourth-order valence-corrected chi connectivity index (χ4v) is 2.00. The van der Waals surface area contributed by atoms with Gasteiger partial charge in [0, 0.05) is 6.54 Å². The first-order chi connectivity index (χ1) is 7.91. The summed E-state index contributed by atoms with van der Waals surface area (Å²) in [5.41, 5.74) is 5.22. The first-order valence-electron chi connectivity index (χ1n) is 5.11. The quantitative estimate of drug-likeness (QED) is 0.840. The number of amides is 1. The van der Waals surface area contributed by atoms with Crippen LogP contribution in [0, 0.1) is 5.92 Å². The topological polar surface area (TPSA) is 72.1 Å². The first-order valence-corrected chi connectivity index (χ1v) is 6.28. The standard InChI is InChI=1S/C10H14BrClN4O/c1-6(2)3-16(4-7(13)17)10-8(11)9(12)14-5-15-10/h5-6H,3-4H2,1-2H3,(H2,13,17). The summed E-state index contributed by atoms with van der Waals surface area (Å²) in [5.74, 6) is 0.541. The van der Waals surface area contributed by atoms with E-state index >= 15 is 0 Å². The molecule has 1 rings (SSSR count). The van der Waals surface area contributed by atoms with E-state index < -0.39 is 5.91 Å². The third-order valence-corrected chi connectivity index (χ3v) is 3.21. The predicted octanol–water partition coefficient (Wildman–Crippen LogP) is 1.84. The lowest BCUT2D eigenvalue weighted by Crippen LogP contribution is -2.37. The lowest BCUT2D eigenvalue weighted by molar-refractivity contribution is -0.116. The van der Waals surface area contributed by atoms with Crippen molar-refractivity contribution in [3.05, 3.63) is 16.0 Å². The SMILES string of the molecule is CC(C)CN(CC(N)=O)c1ncnc(Cl)c1Br. The first kappa shape index (κ1) is 14.2. The molecule has 0 aliphatic rings. The van der Waals surface area contributed by atoms with Crippen molar-refractivity contribution in [2.24, 2.45) is 11.7 Å². The van der Waals surface area contributed by atoms with E-state index in [1.165, 1.54) is 6.33 Å². The molecule has 0 atom stereocenters. The van der Waals surface area contributed by atoms with E-state index in [9.17, 15) is 4.79 Å². The normalized spacial score (nSPS) is 10.6. The number of nitrogens with zero attached hydrogens (tertiary/aromatic N) is 3. The fraction of sp³-hybridized carbons (Fsp3) is 0.500. The maximum absolute atomic E-state index is 11.0. The summed E-state index contributed by atoms with van der Waals surface area (Å²) in [5, 5.41) is 0.313. The van der Waals surface area contributed by atoms with Gasteiger partial charge in [-0.1, -0.05) is 25.4 Å². The minimum absolute atomic E-state index is 0.101. The number of carbonyl (C=O) groups is 1. The highest BCUT2D eigenvalue weighted by Crippen LogP contribution is 2.29. The molecule has 0 aromatic carbocycles. The summed E-state index contributed by atoms with van der Waals surface area (Å²) in [6.45, 7) is 4.86. The number of rotatable bonds is 5. The van der Waals surface area contributed by atoms with Gasteiger partial charge in [0.25, 0.3) is 0 Å². The van der Waals surface area contributed by atoms with Crippen LogP contribution in [0.1, 0.15) is 13.8 Å². The Morgan fingerprint density at radius 3 is 2.76 bits per heavy atom. The van der Waals surface area contributed by atoms with Crippen LogP contribution in [0.25, 0.3) is 0 Å². The van der Waals surface area contributed by atoms with Crippen LogP contribution in [-0.4, -0.2) is 29.0 Å². The Balaban J connectivity index is 3.03. The minimum Gasteiger partial charge on any atom is -0.368 e. The second-order valence-corrected chi connectivity index (χ2v) is 5.19. The zero-order valence-electron chi connectivity index (χ0n) is 9.65. The monoisotopic (exact) mass is 320 g/mol. The van der Waals surface area contributed by atoms with Gasteiger partial charge in [-0.3, -0.25) is 4.79 Å². The molecule has 2 N–H and O–H groups in total. The number of hydrogen-bond donors (Lipinski definition) is 1. The summed E-state index contributed by atoms with van der Waals surface area (Å²) in [6.07, 6.45) is 1.36. The summed E-state index contributed by atoms with van der Waals surface area (Å²) in [6, 6.07) is 0. The molecule has 94 valence electrons. The Labute approximate surface area is 113 Å². The summed E-state index contributed by atoms with van der Waals surface area (Å²) in [7, 11) is 0. The largest absolute Gasteiger partial charge is 0.368 e. The fourth-order valence-electron chi connectivity index (χ4n) is 1.42. The second kappa shape index (κ2) is 6.16. The van der Waals surface area contributed by atoms with Crippen molar-refractivity contribution >= 4 is 39.3 Å². The molecule has 1 heterocycles. The van der Waals surface area contributed by atoms with E-state index in [1.807, 2.05) is 13.8 Å². The Bertz CT molecular complexity index is 413. The molecule has 1 aromatic heterocycles. The molecule has 0 aliphatic heterocycles. The third-order valence-electron chi connectivity index (χ3n) is 1.96. The Kier molecular flexibility index (Phi) is 5.14. The Morgan fingerprint density at radius 1 is 1.59 bits per heavy atom. The molecular formula is C10H14BrClN4O. The Hall–Kier alpha value is -0.880. The smallest absolute Gasteiger partial charge is 0.236 e. The van der Waals surface area contributed by atoms with Crippen LogP contribution in [0.4, 0.5) is 5.82 Å². The van der Waals surface area contributed by atoms with Gasteiger partial charge in [-0.25, -0.2) is 9.97 Å². The van der Waals surface area contributed by atoms with E-state index in [1.54, 1.807) is 4.90 Å². The van der Waals surface area contributed by atoms with Crippen LogP contribution in [-0.2, 0) is 4.79 Å². The molecule has 7 heteroatoms. The maximum atomic E-state index is 11.0. The third kappa shape index (κ3) is 4.12. The lowest BCUT2D eigenvalue weighted by Gasteiger charge is -2.25. The number of carbonyl (C=O) groups excluding carboxylic acids is 1. The van der Waals surface area contributed by atoms with Crippen molar-refractivity contribution < 1.29 is 4.79 Å². The lowest BCUT2D eigenvalue weighted by atomic mass is 10.2. The van der Waals surface area contributed by atoms with Gasteiger partial charge < -0.3 is 10.6 Å². The molecule has 0 bridgehead atoms. The average molecular weight is 322 g/mol.